The van der Waals surface area contributed by atoms with E-state index in [1.807, 2.05) is 35.9 Å². The van der Waals surface area contributed by atoms with Crippen LogP contribution in [0.4, 0.5) is 0 Å². The molecular formula is C18H22O4S. The molecule has 0 unspecified atom stereocenters. The molecule has 0 aliphatic heterocycles. The van der Waals surface area contributed by atoms with Gasteiger partial charge in [-0.05, 0) is 67.1 Å². The minimum absolute atomic E-state index is 0.245. The van der Waals surface area contributed by atoms with Gasteiger partial charge in [-0.25, -0.2) is 0 Å². The number of ether oxygens (including phenoxy) is 2. The van der Waals surface area contributed by atoms with Gasteiger partial charge in [0.25, 0.3) is 0 Å². The van der Waals surface area contributed by atoms with Crippen LogP contribution in [0.3, 0.4) is 0 Å². The lowest BCUT2D eigenvalue weighted by Gasteiger charge is -2.23. The molecule has 5 heteroatoms. The van der Waals surface area contributed by atoms with E-state index in [1.165, 1.54) is 0 Å². The van der Waals surface area contributed by atoms with Gasteiger partial charge in [0.2, 0.25) is 0 Å². The van der Waals surface area contributed by atoms with Crippen molar-refractivity contribution >= 4 is 29.4 Å². The van der Waals surface area contributed by atoms with Crippen LogP contribution < -0.4 is 0 Å². The molecule has 124 valence electrons. The zero-order valence-electron chi connectivity index (χ0n) is 13.8. The Bertz CT molecular complexity index is 607. The molecule has 1 aliphatic rings. The lowest BCUT2D eigenvalue weighted by Crippen LogP contribution is -2.39. The van der Waals surface area contributed by atoms with Gasteiger partial charge >= 0.3 is 11.9 Å². The van der Waals surface area contributed by atoms with Gasteiger partial charge in [-0.2, -0.15) is 11.3 Å². The highest BCUT2D eigenvalue weighted by molar-refractivity contribution is 7.08. The molecule has 1 aromatic rings. The largest absolute Gasteiger partial charge is 0.465 e. The summed E-state index contributed by atoms with van der Waals surface area (Å²) < 4.78 is 10.4. The summed E-state index contributed by atoms with van der Waals surface area (Å²) >= 11 is 1.61. The fraction of sp³-hybridized carbons (Fsp3) is 0.444. The number of rotatable bonds is 5. The molecule has 1 aromatic heterocycles. The van der Waals surface area contributed by atoms with Crippen molar-refractivity contribution < 1.29 is 19.1 Å². The van der Waals surface area contributed by atoms with Crippen molar-refractivity contribution in [2.24, 2.45) is 5.41 Å². The van der Waals surface area contributed by atoms with E-state index in [-0.39, 0.29) is 13.2 Å². The SMILES string of the molecule is C/C=C1\CC(C(=O)OCC)(C(=O)OCC)C\C1=C\c1ccsc1. The Morgan fingerprint density at radius 2 is 1.78 bits per heavy atom. The van der Waals surface area contributed by atoms with Crippen molar-refractivity contribution in [1.29, 1.82) is 0 Å². The Balaban J connectivity index is 2.41. The normalized spacial score (nSPS) is 20.0. The summed E-state index contributed by atoms with van der Waals surface area (Å²) in [6.45, 7) is 5.89. The number of hydrogen-bond donors (Lipinski definition) is 0. The van der Waals surface area contributed by atoms with Crippen LogP contribution >= 0.6 is 11.3 Å². The van der Waals surface area contributed by atoms with Crippen molar-refractivity contribution in [3.63, 3.8) is 0 Å². The number of carbonyl (C=O) groups excluding carboxylic acids is 2. The first kappa shape index (κ1) is 17.5. The second-order valence-corrected chi connectivity index (χ2v) is 6.20. The molecule has 0 saturated heterocycles. The summed E-state index contributed by atoms with van der Waals surface area (Å²) in [5.41, 5.74) is 1.81. The van der Waals surface area contributed by atoms with E-state index in [4.69, 9.17) is 9.47 Å². The number of carbonyl (C=O) groups is 2. The summed E-state index contributed by atoms with van der Waals surface area (Å²) in [6.07, 6.45) is 4.64. The van der Waals surface area contributed by atoms with E-state index in [0.717, 1.165) is 16.7 Å². The van der Waals surface area contributed by atoms with Gasteiger partial charge < -0.3 is 9.47 Å². The van der Waals surface area contributed by atoms with Crippen molar-refractivity contribution in [3.8, 4) is 0 Å². The van der Waals surface area contributed by atoms with Gasteiger partial charge in [0.05, 0.1) is 13.2 Å². The minimum atomic E-state index is -1.25. The molecule has 1 saturated carbocycles. The van der Waals surface area contributed by atoms with Gasteiger partial charge in [0, 0.05) is 0 Å². The average molecular weight is 334 g/mol. The molecule has 0 atom stereocenters. The maximum atomic E-state index is 12.5. The van der Waals surface area contributed by atoms with Crippen LogP contribution in [0.1, 0.15) is 39.2 Å². The van der Waals surface area contributed by atoms with Crippen LogP contribution in [0.2, 0.25) is 0 Å². The Morgan fingerprint density at radius 3 is 2.26 bits per heavy atom. The highest BCUT2D eigenvalue weighted by Gasteiger charge is 2.54. The van der Waals surface area contributed by atoms with Crippen molar-refractivity contribution in [3.05, 3.63) is 39.6 Å². The summed E-state index contributed by atoms with van der Waals surface area (Å²) in [6, 6.07) is 2.01. The van der Waals surface area contributed by atoms with Crippen LogP contribution in [-0.4, -0.2) is 25.2 Å². The third kappa shape index (κ3) is 3.55. The molecule has 2 rings (SSSR count). The Kier molecular flexibility index (Phi) is 5.77. The molecule has 4 nitrogen and oxygen atoms in total. The lowest BCUT2D eigenvalue weighted by atomic mass is 9.85. The van der Waals surface area contributed by atoms with Crippen molar-refractivity contribution in [2.75, 3.05) is 13.2 Å². The second kappa shape index (κ2) is 7.59. The van der Waals surface area contributed by atoms with Gasteiger partial charge in [-0.1, -0.05) is 12.2 Å². The molecule has 0 bridgehead atoms. The van der Waals surface area contributed by atoms with Crippen LogP contribution in [-0.2, 0) is 19.1 Å². The van der Waals surface area contributed by atoms with E-state index >= 15 is 0 Å². The topological polar surface area (TPSA) is 52.6 Å². The van der Waals surface area contributed by atoms with Crippen LogP contribution in [0.25, 0.3) is 6.08 Å². The predicted octanol–water partition coefficient (Wildman–Crippen LogP) is 3.98. The first-order valence-corrected chi connectivity index (χ1v) is 8.74. The third-order valence-corrected chi connectivity index (χ3v) is 4.66. The summed E-state index contributed by atoms with van der Waals surface area (Å²) in [5, 5.41) is 4.04. The summed E-state index contributed by atoms with van der Waals surface area (Å²) in [5.74, 6) is -0.988. The van der Waals surface area contributed by atoms with Crippen molar-refractivity contribution in [2.45, 2.75) is 33.6 Å². The highest BCUT2D eigenvalue weighted by Crippen LogP contribution is 2.47. The maximum absolute atomic E-state index is 12.5. The molecular weight excluding hydrogens is 312 g/mol. The van der Waals surface area contributed by atoms with E-state index in [2.05, 4.69) is 0 Å². The molecule has 1 fully saturated rings. The van der Waals surface area contributed by atoms with Gasteiger partial charge in [0.1, 0.15) is 0 Å². The molecule has 0 aromatic carbocycles. The lowest BCUT2D eigenvalue weighted by molar-refractivity contribution is -0.171. The van der Waals surface area contributed by atoms with Gasteiger partial charge in [-0.3, -0.25) is 9.59 Å². The van der Waals surface area contributed by atoms with Gasteiger partial charge in [0.15, 0.2) is 5.41 Å². The smallest absolute Gasteiger partial charge is 0.324 e. The Labute approximate surface area is 140 Å². The fourth-order valence-electron chi connectivity index (χ4n) is 2.84. The standard InChI is InChI=1S/C18H22O4S/c1-4-14-10-18(16(19)21-5-2,17(20)22-6-3)11-15(14)9-13-7-8-23-12-13/h4,7-9,12H,5-6,10-11H2,1-3H3/b14-4+,15-9-. The van der Waals surface area contributed by atoms with E-state index in [1.54, 1.807) is 25.2 Å². The zero-order valence-corrected chi connectivity index (χ0v) is 14.6. The molecule has 0 amide bonds. The van der Waals surface area contributed by atoms with E-state index in [9.17, 15) is 9.59 Å². The molecule has 0 radical (unpaired) electrons. The van der Waals surface area contributed by atoms with Crippen LogP contribution in [0, 0.1) is 5.41 Å². The molecule has 23 heavy (non-hydrogen) atoms. The zero-order chi connectivity index (χ0) is 16.9. The fourth-order valence-corrected chi connectivity index (χ4v) is 3.46. The molecule has 0 spiro atoms. The van der Waals surface area contributed by atoms with E-state index in [0.29, 0.717) is 12.8 Å². The Hall–Kier alpha value is -1.88. The third-order valence-electron chi connectivity index (χ3n) is 3.96. The first-order valence-electron chi connectivity index (χ1n) is 7.80. The molecule has 1 aliphatic carbocycles. The van der Waals surface area contributed by atoms with Crippen LogP contribution in [0.5, 0.6) is 0 Å². The van der Waals surface area contributed by atoms with E-state index < -0.39 is 17.4 Å². The molecule has 0 N–H and O–H groups in total. The average Bonchev–Trinajstić information content (AvgIpc) is 3.16. The second-order valence-electron chi connectivity index (χ2n) is 5.42. The Morgan fingerprint density at radius 1 is 1.17 bits per heavy atom. The van der Waals surface area contributed by atoms with Crippen molar-refractivity contribution in [1.82, 2.24) is 0 Å². The highest BCUT2D eigenvalue weighted by atomic mass is 32.1. The van der Waals surface area contributed by atoms with Crippen LogP contribution in [0.15, 0.2) is 34.0 Å². The predicted molar refractivity (Wildman–Crippen MR) is 91.0 cm³/mol. The summed E-state index contributed by atoms with van der Waals surface area (Å²) in [4.78, 5) is 25.0. The number of esters is 2. The van der Waals surface area contributed by atoms with Gasteiger partial charge in [-0.15, -0.1) is 0 Å². The number of allylic oxidation sites excluding steroid dienone is 3. The number of thiophene rings is 1. The number of hydrogen-bond acceptors (Lipinski definition) is 5. The first-order chi connectivity index (χ1) is 11.1. The summed E-state index contributed by atoms with van der Waals surface area (Å²) in [7, 11) is 0. The quantitative estimate of drug-likeness (QED) is 0.603. The monoisotopic (exact) mass is 334 g/mol. The molecule has 1 heterocycles. The minimum Gasteiger partial charge on any atom is -0.465 e. The maximum Gasteiger partial charge on any atom is 0.324 e.